The molecule has 1 saturated heterocycles. The Kier molecular flexibility index (Phi) is 5.39. The van der Waals surface area contributed by atoms with Gasteiger partial charge in [-0.3, -0.25) is 4.90 Å². The Bertz CT molecular complexity index is 685. The lowest BCUT2D eigenvalue weighted by molar-refractivity contribution is 0.0388. The summed E-state index contributed by atoms with van der Waals surface area (Å²) in [5.41, 5.74) is 0.834. The molecule has 1 aliphatic rings. The number of carbonyl (C=O) groups is 1. The Morgan fingerprint density at radius 2 is 2.08 bits per heavy atom. The molecular formula is C16H20FN5O2. The zero-order valence-corrected chi connectivity index (χ0v) is 13.2. The minimum Gasteiger partial charge on any atom is -0.379 e. The SMILES string of the molecule is O=C(NCCN1CCOCC1)Nc1cnn(-c2ccccc2F)c1. The number of anilines is 1. The second-order valence-electron chi connectivity index (χ2n) is 5.46. The summed E-state index contributed by atoms with van der Waals surface area (Å²) >= 11 is 0. The molecule has 0 spiro atoms. The molecule has 3 rings (SSSR count). The maximum absolute atomic E-state index is 13.7. The van der Waals surface area contributed by atoms with E-state index in [-0.39, 0.29) is 11.8 Å². The van der Waals surface area contributed by atoms with E-state index in [1.54, 1.807) is 24.4 Å². The number of aromatic nitrogens is 2. The van der Waals surface area contributed by atoms with E-state index in [2.05, 4.69) is 20.6 Å². The Labute approximate surface area is 139 Å². The molecule has 1 aromatic heterocycles. The first-order chi connectivity index (χ1) is 11.7. The standard InChI is InChI=1S/C16H20FN5O2/c17-14-3-1-2-4-15(14)22-12-13(11-19-22)20-16(23)18-5-6-21-7-9-24-10-8-21/h1-4,11-12H,5-10H2,(H2,18,20,23). The van der Waals surface area contributed by atoms with Crippen molar-refractivity contribution < 1.29 is 13.9 Å². The summed E-state index contributed by atoms with van der Waals surface area (Å²) in [4.78, 5) is 14.1. The van der Waals surface area contributed by atoms with E-state index in [4.69, 9.17) is 4.74 Å². The van der Waals surface area contributed by atoms with Crippen molar-refractivity contribution in [3.8, 4) is 5.69 Å². The van der Waals surface area contributed by atoms with Crippen LogP contribution in [-0.4, -0.2) is 60.1 Å². The molecule has 2 amide bonds. The molecule has 1 aromatic carbocycles. The predicted molar refractivity (Wildman–Crippen MR) is 87.8 cm³/mol. The molecule has 7 nitrogen and oxygen atoms in total. The molecule has 24 heavy (non-hydrogen) atoms. The van der Waals surface area contributed by atoms with E-state index in [1.165, 1.54) is 16.9 Å². The topological polar surface area (TPSA) is 71.4 Å². The summed E-state index contributed by atoms with van der Waals surface area (Å²) in [7, 11) is 0. The third kappa shape index (κ3) is 4.30. The van der Waals surface area contributed by atoms with Crippen molar-refractivity contribution in [2.45, 2.75) is 0 Å². The highest BCUT2D eigenvalue weighted by atomic mass is 19.1. The van der Waals surface area contributed by atoms with E-state index >= 15 is 0 Å². The van der Waals surface area contributed by atoms with Crippen LogP contribution in [0.25, 0.3) is 5.69 Å². The zero-order chi connectivity index (χ0) is 16.8. The molecule has 1 aliphatic heterocycles. The first-order valence-electron chi connectivity index (χ1n) is 7.87. The van der Waals surface area contributed by atoms with Crippen LogP contribution in [0.5, 0.6) is 0 Å². The predicted octanol–water partition coefficient (Wildman–Crippen LogP) is 1.47. The van der Waals surface area contributed by atoms with Crippen LogP contribution in [0, 0.1) is 5.82 Å². The normalized spacial score (nSPS) is 15.2. The molecule has 128 valence electrons. The van der Waals surface area contributed by atoms with Crippen molar-refractivity contribution in [1.82, 2.24) is 20.0 Å². The maximum Gasteiger partial charge on any atom is 0.319 e. The number of hydrogen-bond acceptors (Lipinski definition) is 4. The van der Waals surface area contributed by atoms with E-state index in [0.29, 0.717) is 17.9 Å². The number of benzene rings is 1. The molecule has 1 fully saturated rings. The number of amides is 2. The van der Waals surface area contributed by atoms with Gasteiger partial charge in [0.15, 0.2) is 0 Å². The highest BCUT2D eigenvalue weighted by Crippen LogP contribution is 2.14. The maximum atomic E-state index is 13.7. The number of carbonyl (C=O) groups excluding carboxylic acids is 1. The third-order valence-corrected chi connectivity index (χ3v) is 3.76. The lowest BCUT2D eigenvalue weighted by Crippen LogP contribution is -2.42. The molecule has 0 atom stereocenters. The van der Waals surface area contributed by atoms with E-state index in [0.717, 1.165) is 32.8 Å². The van der Waals surface area contributed by atoms with Crippen LogP contribution < -0.4 is 10.6 Å². The number of rotatable bonds is 5. The van der Waals surface area contributed by atoms with Crippen molar-refractivity contribution in [3.05, 3.63) is 42.5 Å². The number of para-hydroxylation sites is 1. The minimum atomic E-state index is -0.373. The van der Waals surface area contributed by atoms with Crippen LogP contribution in [-0.2, 0) is 4.74 Å². The summed E-state index contributed by atoms with van der Waals surface area (Å²) in [6.07, 6.45) is 3.05. The third-order valence-electron chi connectivity index (χ3n) is 3.76. The molecule has 2 N–H and O–H groups in total. The second-order valence-corrected chi connectivity index (χ2v) is 5.46. The van der Waals surface area contributed by atoms with Crippen molar-refractivity contribution >= 4 is 11.7 Å². The van der Waals surface area contributed by atoms with Gasteiger partial charge in [0.25, 0.3) is 0 Å². The number of hydrogen-bond donors (Lipinski definition) is 2. The largest absolute Gasteiger partial charge is 0.379 e. The van der Waals surface area contributed by atoms with Gasteiger partial charge in [-0.05, 0) is 12.1 Å². The highest BCUT2D eigenvalue weighted by Gasteiger charge is 2.11. The molecule has 2 heterocycles. The quantitative estimate of drug-likeness (QED) is 0.869. The van der Waals surface area contributed by atoms with Gasteiger partial charge in [-0.1, -0.05) is 12.1 Å². The Hall–Kier alpha value is -2.45. The van der Waals surface area contributed by atoms with Crippen LogP contribution in [0.15, 0.2) is 36.7 Å². The van der Waals surface area contributed by atoms with Crippen LogP contribution in [0.2, 0.25) is 0 Å². The summed E-state index contributed by atoms with van der Waals surface area (Å²) in [5, 5.41) is 9.55. The monoisotopic (exact) mass is 333 g/mol. The van der Waals surface area contributed by atoms with E-state index in [9.17, 15) is 9.18 Å². The molecular weight excluding hydrogens is 313 g/mol. The van der Waals surface area contributed by atoms with Gasteiger partial charge in [0.05, 0.1) is 31.3 Å². The van der Waals surface area contributed by atoms with Gasteiger partial charge >= 0.3 is 6.03 Å². The summed E-state index contributed by atoms with van der Waals surface area (Å²) in [6.45, 7) is 4.58. The molecule has 2 aromatic rings. The summed E-state index contributed by atoms with van der Waals surface area (Å²) < 4.78 is 20.4. The van der Waals surface area contributed by atoms with Crippen LogP contribution in [0.4, 0.5) is 14.9 Å². The van der Waals surface area contributed by atoms with Gasteiger partial charge in [0, 0.05) is 26.2 Å². The fraction of sp³-hybridized carbons (Fsp3) is 0.375. The molecule has 0 unspecified atom stereocenters. The van der Waals surface area contributed by atoms with Gasteiger partial charge in [0.1, 0.15) is 11.5 Å². The lowest BCUT2D eigenvalue weighted by Gasteiger charge is -2.26. The molecule has 0 radical (unpaired) electrons. The average Bonchev–Trinajstić information content (AvgIpc) is 3.04. The Balaban J connectivity index is 1.47. The summed E-state index contributed by atoms with van der Waals surface area (Å²) in [6, 6.07) is 6.02. The van der Waals surface area contributed by atoms with E-state index < -0.39 is 0 Å². The Morgan fingerprint density at radius 3 is 2.88 bits per heavy atom. The van der Waals surface area contributed by atoms with Crippen molar-refractivity contribution in [3.63, 3.8) is 0 Å². The molecule has 8 heteroatoms. The number of urea groups is 1. The van der Waals surface area contributed by atoms with Crippen LogP contribution in [0.1, 0.15) is 0 Å². The number of halogens is 1. The van der Waals surface area contributed by atoms with Crippen LogP contribution in [0.3, 0.4) is 0 Å². The fourth-order valence-corrected chi connectivity index (χ4v) is 2.48. The van der Waals surface area contributed by atoms with Crippen molar-refractivity contribution in [1.29, 1.82) is 0 Å². The number of nitrogens with zero attached hydrogens (tertiary/aromatic N) is 3. The number of ether oxygens (including phenoxy) is 1. The minimum absolute atomic E-state index is 0.309. The number of morpholine rings is 1. The molecule has 0 aliphatic carbocycles. The fourth-order valence-electron chi connectivity index (χ4n) is 2.48. The number of nitrogens with one attached hydrogen (secondary N) is 2. The van der Waals surface area contributed by atoms with Crippen molar-refractivity contribution in [2.75, 3.05) is 44.7 Å². The van der Waals surface area contributed by atoms with Crippen LogP contribution >= 0.6 is 0 Å². The van der Waals surface area contributed by atoms with Gasteiger partial charge in [-0.25, -0.2) is 13.9 Å². The Morgan fingerprint density at radius 1 is 1.29 bits per heavy atom. The molecule has 0 saturated carbocycles. The van der Waals surface area contributed by atoms with E-state index in [1.807, 2.05) is 0 Å². The second kappa shape index (κ2) is 7.89. The van der Waals surface area contributed by atoms with Gasteiger partial charge in [-0.15, -0.1) is 0 Å². The highest BCUT2D eigenvalue weighted by molar-refractivity contribution is 5.88. The van der Waals surface area contributed by atoms with Crippen molar-refractivity contribution in [2.24, 2.45) is 0 Å². The van der Waals surface area contributed by atoms with Gasteiger partial charge in [0.2, 0.25) is 0 Å². The zero-order valence-electron chi connectivity index (χ0n) is 13.2. The van der Waals surface area contributed by atoms with Gasteiger partial charge in [-0.2, -0.15) is 5.10 Å². The molecule has 0 bridgehead atoms. The lowest BCUT2D eigenvalue weighted by atomic mass is 10.3. The summed E-state index contributed by atoms with van der Waals surface area (Å²) in [5.74, 6) is -0.373. The average molecular weight is 333 g/mol. The first-order valence-corrected chi connectivity index (χ1v) is 7.87. The smallest absolute Gasteiger partial charge is 0.319 e. The first kappa shape index (κ1) is 16.4. The van der Waals surface area contributed by atoms with Gasteiger partial charge < -0.3 is 15.4 Å².